The number of methoxy groups -OCH3 is 2. The first kappa shape index (κ1) is 26.4. The fraction of sp³-hybridized carbons (Fsp3) is 0.318. The topological polar surface area (TPSA) is 128 Å². The Labute approximate surface area is 194 Å². The second-order valence-electron chi connectivity index (χ2n) is 7.25. The van der Waals surface area contributed by atoms with Crippen LogP contribution in [0.15, 0.2) is 53.9 Å². The maximum absolute atomic E-state index is 12.8. The summed E-state index contributed by atoms with van der Waals surface area (Å²) < 4.78 is 60.9. The summed E-state index contributed by atoms with van der Waals surface area (Å²) in [7, 11) is -4.44. The highest BCUT2D eigenvalue weighted by Crippen LogP contribution is 2.27. The lowest BCUT2D eigenvalue weighted by Gasteiger charge is -2.17. The van der Waals surface area contributed by atoms with Crippen LogP contribution in [0.2, 0.25) is 0 Å². The van der Waals surface area contributed by atoms with Crippen molar-refractivity contribution >= 4 is 31.8 Å². The van der Waals surface area contributed by atoms with E-state index in [1.54, 1.807) is 48.5 Å². The normalized spacial score (nSPS) is 12.9. The Hall–Kier alpha value is -2.89. The first-order chi connectivity index (χ1) is 15.5. The van der Waals surface area contributed by atoms with E-state index < -0.39 is 31.8 Å². The number of rotatable bonds is 12. The van der Waals surface area contributed by atoms with E-state index >= 15 is 0 Å². The minimum absolute atomic E-state index is 0.0795. The summed E-state index contributed by atoms with van der Waals surface area (Å²) in [6, 6.07) is 12.6. The molecule has 0 heterocycles. The van der Waals surface area contributed by atoms with Crippen molar-refractivity contribution in [3.8, 4) is 11.5 Å². The third kappa shape index (κ3) is 9.24. The van der Waals surface area contributed by atoms with Crippen molar-refractivity contribution in [3.63, 3.8) is 0 Å². The third-order valence-electron chi connectivity index (χ3n) is 4.55. The lowest BCUT2D eigenvalue weighted by Crippen LogP contribution is -2.46. The maximum atomic E-state index is 12.8. The summed E-state index contributed by atoms with van der Waals surface area (Å²) in [5, 5.41) is 3.58. The minimum atomic E-state index is -4.02. The van der Waals surface area contributed by atoms with E-state index in [0.717, 1.165) is 11.7 Å². The molecule has 0 fully saturated rings. The van der Waals surface area contributed by atoms with E-state index in [4.69, 9.17) is 9.47 Å². The van der Waals surface area contributed by atoms with Crippen molar-refractivity contribution in [1.82, 2.24) is 10.0 Å². The molecule has 0 aliphatic heterocycles. The van der Waals surface area contributed by atoms with Gasteiger partial charge in [-0.25, -0.2) is 16.8 Å². The largest absolute Gasteiger partial charge is 0.493 e. The van der Waals surface area contributed by atoms with Crippen LogP contribution in [0.5, 0.6) is 11.5 Å². The number of carbonyl (C=O) groups excluding carboxylic acids is 1. The standard InChI is InChI=1S/C22H28N2O7S2/c1-30-20-10-9-18(15-21(20)31-2)16-23-22(25)19(12-13-32(3,26)27)24-33(28,29)14-11-17-7-5-4-6-8-17/h4-11,14-15,19,24H,12-13,16H2,1-3H3,(H,23,25)/b14-11+. The molecule has 0 saturated carbocycles. The van der Waals surface area contributed by atoms with Crippen LogP contribution in [0.3, 0.4) is 0 Å². The molecule has 2 aromatic rings. The van der Waals surface area contributed by atoms with Crippen LogP contribution in [-0.4, -0.2) is 55.0 Å². The Morgan fingerprint density at radius 2 is 1.67 bits per heavy atom. The van der Waals surface area contributed by atoms with Crippen LogP contribution in [0.4, 0.5) is 0 Å². The molecule has 1 amide bonds. The molecule has 0 bridgehead atoms. The molecule has 0 aliphatic carbocycles. The van der Waals surface area contributed by atoms with Gasteiger partial charge in [0, 0.05) is 18.2 Å². The molecule has 1 unspecified atom stereocenters. The quantitative estimate of drug-likeness (QED) is 0.458. The summed E-state index contributed by atoms with van der Waals surface area (Å²) >= 11 is 0. The van der Waals surface area contributed by atoms with Gasteiger partial charge in [0.25, 0.3) is 0 Å². The second kappa shape index (κ2) is 11.8. The van der Waals surface area contributed by atoms with Crippen LogP contribution in [0.25, 0.3) is 6.08 Å². The maximum Gasteiger partial charge on any atom is 0.238 e. The highest BCUT2D eigenvalue weighted by Gasteiger charge is 2.24. The van der Waals surface area contributed by atoms with E-state index in [1.807, 2.05) is 0 Å². The molecule has 9 nitrogen and oxygen atoms in total. The second-order valence-corrected chi connectivity index (χ2v) is 11.1. The third-order valence-corrected chi connectivity index (χ3v) is 6.64. The number of sulfone groups is 1. The SMILES string of the molecule is COc1ccc(CNC(=O)C(CCS(C)(=O)=O)NS(=O)(=O)/C=C/c2ccccc2)cc1OC. The van der Waals surface area contributed by atoms with Gasteiger partial charge in [0.15, 0.2) is 11.5 Å². The van der Waals surface area contributed by atoms with Crippen molar-refractivity contribution < 1.29 is 31.1 Å². The minimum Gasteiger partial charge on any atom is -0.493 e. The highest BCUT2D eigenvalue weighted by atomic mass is 32.2. The summed E-state index contributed by atoms with van der Waals surface area (Å²) in [5.41, 5.74) is 1.35. The Morgan fingerprint density at radius 1 is 1.00 bits per heavy atom. The van der Waals surface area contributed by atoms with Crippen LogP contribution in [0.1, 0.15) is 17.5 Å². The number of sulfonamides is 1. The van der Waals surface area contributed by atoms with Gasteiger partial charge in [0.1, 0.15) is 15.9 Å². The van der Waals surface area contributed by atoms with E-state index in [2.05, 4.69) is 10.0 Å². The Balaban J connectivity index is 2.13. The first-order valence-electron chi connectivity index (χ1n) is 9.95. The molecule has 2 rings (SSSR count). The summed E-state index contributed by atoms with van der Waals surface area (Å²) in [5.74, 6) is -0.00173. The molecule has 11 heteroatoms. The van der Waals surface area contributed by atoms with Gasteiger partial charge in [0.05, 0.1) is 20.0 Å². The smallest absolute Gasteiger partial charge is 0.238 e. The van der Waals surface area contributed by atoms with Gasteiger partial charge in [-0.15, -0.1) is 0 Å². The van der Waals surface area contributed by atoms with Crippen LogP contribution < -0.4 is 19.5 Å². The van der Waals surface area contributed by atoms with Gasteiger partial charge >= 0.3 is 0 Å². The molecular weight excluding hydrogens is 468 g/mol. The van der Waals surface area contributed by atoms with Crippen molar-refractivity contribution in [2.45, 2.75) is 19.0 Å². The van der Waals surface area contributed by atoms with Gasteiger partial charge in [-0.2, -0.15) is 4.72 Å². The Kier molecular flexibility index (Phi) is 9.44. The molecule has 180 valence electrons. The van der Waals surface area contributed by atoms with Gasteiger partial charge in [-0.1, -0.05) is 36.4 Å². The molecule has 2 aromatic carbocycles. The summed E-state index contributed by atoms with van der Waals surface area (Å²) in [4.78, 5) is 12.8. The predicted molar refractivity (Wildman–Crippen MR) is 127 cm³/mol. The van der Waals surface area contributed by atoms with Gasteiger partial charge in [-0.3, -0.25) is 4.79 Å². The van der Waals surface area contributed by atoms with Crippen molar-refractivity contribution in [1.29, 1.82) is 0 Å². The first-order valence-corrected chi connectivity index (χ1v) is 13.6. The van der Waals surface area contributed by atoms with Crippen LogP contribution >= 0.6 is 0 Å². The van der Waals surface area contributed by atoms with Crippen molar-refractivity contribution in [2.24, 2.45) is 0 Å². The zero-order valence-electron chi connectivity index (χ0n) is 18.6. The molecular formula is C22H28N2O7S2. The summed E-state index contributed by atoms with van der Waals surface area (Å²) in [6.07, 6.45) is 2.20. The number of hydrogen-bond donors (Lipinski definition) is 2. The fourth-order valence-electron chi connectivity index (χ4n) is 2.85. The Bertz CT molecular complexity index is 1180. The Morgan fingerprint density at radius 3 is 2.27 bits per heavy atom. The molecule has 0 radical (unpaired) electrons. The number of benzene rings is 2. The van der Waals surface area contributed by atoms with E-state index in [0.29, 0.717) is 22.6 Å². The number of carbonyl (C=O) groups is 1. The molecule has 33 heavy (non-hydrogen) atoms. The van der Waals surface area contributed by atoms with Gasteiger partial charge in [0.2, 0.25) is 15.9 Å². The molecule has 0 aliphatic rings. The van der Waals surface area contributed by atoms with E-state index in [-0.39, 0.29) is 18.7 Å². The van der Waals surface area contributed by atoms with Crippen LogP contribution in [0, 0.1) is 0 Å². The van der Waals surface area contributed by atoms with E-state index in [9.17, 15) is 21.6 Å². The fourth-order valence-corrected chi connectivity index (χ4v) is 4.55. The van der Waals surface area contributed by atoms with Gasteiger partial charge in [-0.05, 0) is 35.8 Å². The number of nitrogens with one attached hydrogen (secondary N) is 2. The monoisotopic (exact) mass is 496 g/mol. The zero-order valence-corrected chi connectivity index (χ0v) is 20.3. The lowest BCUT2D eigenvalue weighted by atomic mass is 10.2. The van der Waals surface area contributed by atoms with E-state index in [1.165, 1.54) is 20.3 Å². The molecule has 2 N–H and O–H groups in total. The molecule has 1 atom stereocenters. The highest BCUT2D eigenvalue weighted by molar-refractivity contribution is 7.92. The number of hydrogen-bond acceptors (Lipinski definition) is 7. The lowest BCUT2D eigenvalue weighted by molar-refractivity contribution is -0.122. The van der Waals surface area contributed by atoms with Gasteiger partial charge < -0.3 is 14.8 Å². The zero-order chi connectivity index (χ0) is 24.5. The molecule has 0 saturated heterocycles. The number of ether oxygens (including phenoxy) is 2. The van der Waals surface area contributed by atoms with Crippen molar-refractivity contribution in [2.75, 3.05) is 26.2 Å². The predicted octanol–water partition coefficient (Wildman–Crippen LogP) is 1.71. The molecule has 0 spiro atoms. The van der Waals surface area contributed by atoms with Crippen LogP contribution in [-0.2, 0) is 31.2 Å². The number of amides is 1. The van der Waals surface area contributed by atoms with Crippen molar-refractivity contribution in [3.05, 3.63) is 65.1 Å². The summed E-state index contributed by atoms with van der Waals surface area (Å²) in [6.45, 7) is 0.0795. The molecule has 0 aromatic heterocycles. The average molecular weight is 497 g/mol. The average Bonchev–Trinajstić information content (AvgIpc) is 2.78.